The van der Waals surface area contributed by atoms with Crippen molar-refractivity contribution in [2.24, 2.45) is 0 Å². The quantitative estimate of drug-likeness (QED) is 0.311. The van der Waals surface area contributed by atoms with Crippen LogP contribution in [0.5, 0.6) is 17.2 Å². The van der Waals surface area contributed by atoms with E-state index in [0.717, 1.165) is 34.9 Å². The summed E-state index contributed by atoms with van der Waals surface area (Å²) in [6, 6.07) is 13.5. The highest BCUT2D eigenvalue weighted by molar-refractivity contribution is 5.94. The summed E-state index contributed by atoms with van der Waals surface area (Å²) < 4.78 is 32.1. The van der Waals surface area contributed by atoms with Gasteiger partial charge in [0.2, 0.25) is 0 Å². The molecule has 8 nitrogen and oxygen atoms in total. The summed E-state index contributed by atoms with van der Waals surface area (Å²) in [5, 5.41) is 0. The molecule has 0 bridgehead atoms. The molecule has 5 rings (SSSR count). The Morgan fingerprint density at radius 2 is 1.86 bits per heavy atom. The molecule has 4 aromatic rings. The highest BCUT2D eigenvalue weighted by Gasteiger charge is 2.23. The third-order valence-electron chi connectivity index (χ3n) is 6.12. The lowest BCUT2D eigenvalue weighted by Crippen LogP contribution is -2.42. The summed E-state index contributed by atoms with van der Waals surface area (Å²) in [4.78, 5) is 25.1. The first-order valence-electron chi connectivity index (χ1n) is 12.2. The molecule has 1 fully saturated rings. The Morgan fingerprint density at radius 3 is 2.54 bits per heavy atom. The number of ether oxygens (including phenoxy) is 3. The van der Waals surface area contributed by atoms with Crippen molar-refractivity contribution >= 4 is 5.91 Å². The van der Waals surface area contributed by atoms with E-state index < -0.39 is 5.82 Å². The first kappa shape index (κ1) is 24.6. The number of H-pyrrole nitrogens is 2. The van der Waals surface area contributed by atoms with Crippen molar-refractivity contribution in [3.05, 3.63) is 71.8 Å². The Hall–Kier alpha value is -4.11. The summed E-state index contributed by atoms with van der Waals surface area (Å²) in [5.74, 6) is 0.913. The van der Waals surface area contributed by atoms with Crippen molar-refractivity contribution < 1.29 is 23.4 Å². The third-order valence-corrected chi connectivity index (χ3v) is 6.12. The molecule has 0 spiro atoms. The molecule has 1 atom stereocenters. The first-order chi connectivity index (χ1) is 17.9. The molecule has 1 aliphatic rings. The van der Waals surface area contributed by atoms with Crippen LogP contribution in [-0.4, -0.2) is 58.7 Å². The van der Waals surface area contributed by atoms with E-state index in [2.05, 4.69) is 15.0 Å². The molecule has 0 aliphatic carbocycles. The topological polar surface area (TPSA) is 92.5 Å². The van der Waals surface area contributed by atoms with E-state index in [-0.39, 0.29) is 17.8 Å². The van der Waals surface area contributed by atoms with Gasteiger partial charge in [0.15, 0.2) is 17.4 Å². The van der Waals surface area contributed by atoms with Crippen molar-refractivity contribution in [2.75, 3.05) is 26.8 Å². The summed E-state index contributed by atoms with van der Waals surface area (Å²) >= 11 is 0. The van der Waals surface area contributed by atoms with E-state index in [1.165, 1.54) is 12.1 Å². The van der Waals surface area contributed by atoms with E-state index in [0.29, 0.717) is 36.8 Å². The van der Waals surface area contributed by atoms with Gasteiger partial charge < -0.3 is 29.1 Å². The van der Waals surface area contributed by atoms with Crippen LogP contribution in [-0.2, 0) is 4.74 Å². The smallest absolute Gasteiger partial charge is 0.253 e. The van der Waals surface area contributed by atoms with Crippen LogP contribution in [0.15, 0.2) is 54.7 Å². The number of halogens is 1. The molecular formula is C28H29FN4O4. The molecule has 192 valence electrons. The molecule has 0 saturated carbocycles. The third kappa shape index (κ3) is 5.51. The molecule has 2 aromatic carbocycles. The predicted molar refractivity (Wildman–Crippen MR) is 138 cm³/mol. The lowest BCUT2D eigenvalue weighted by molar-refractivity contribution is 0.0651. The molecule has 2 N–H and O–H groups in total. The molecule has 0 unspecified atom stereocenters. The zero-order valence-corrected chi connectivity index (χ0v) is 21.0. The molecule has 3 heterocycles. The van der Waals surface area contributed by atoms with Gasteiger partial charge in [0.25, 0.3) is 5.91 Å². The van der Waals surface area contributed by atoms with Crippen molar-refractivity contribution in [3.8, 4) is 40.0 Å². The number of likely N-dealkylation sites (tertiary alicyclic amines) is 1. The number of hydrogen-bond acceptors (Lipinski definition) is 5. The number of carbonyl (C=O) groups excluding carboxylic acids is 1. The number of nitrogens with one attached hydrogen (secondary N) is 2. The van der Waals surface area contributed by atoms with Gasteiger partial charge in [-0.05, 0) is 62.7 Å². The Balaban J connectivity index is 1.44. The van der Waals surface area contributed by atoms with Crippen LogP contribution in [0.4, 0.5) is 4.39 Å². The summed E-state index contributed by atoms with van der Waals surface area (Å²) in [5.41, 5.74) is 3.70. The Morgan fingerprint density at radius 1 is 1.08 bits per heavy atom. The number of carbonyl (C=O) groups is 1. The average molecular weight is 505 g/mol. The zero-order valence-electron chi connectivity index (χ0n) is 21.0. The van der Waals surface area contributed by atoms with Crippen LogP contribution >= 0.6 is 0 Å². The number of methoxy groups -OCH3 is 1. The second-order valence-electron chi connectivity index (χ2n) is 9.17. The van der Waals surface area contributed by atoms with Crippen LogP contribution in [0, 0.1) is 12.7 Å². The monoisotopic (exact) mass is 504 g/mol. The highest BCUT2D eigenvalue weighted by Crippen LogP contribution is 2.34. The summed E-state index contributed by atoms with van der Waals surface area (Å²) in [7, 11) is 1.61. The van der Waals surface area contributed by atoms with Gasteiger partial charge in [-0.3, -0.25) is 4.79 Å². The number of benzene rings is 2. The van der Waals surface area contributed by atoms with Crippen LogP contribution in [0.2, 0.25) is 0 Å². The second-order valence-corrected chi connectivity index (χ2v) is 9.17. The zero-order chi connectivity index (χ0) is 25.9. The minimum Gasteiger partial charge on any atom is -0.488 e. The SMILES string of the molecule is COC[C@H](C)Oc1cc(Oc2ccc(C(=O)N3CCC3)cc2F)cc(-c2ccc(-c3ncc(C)[nH]3)[nH]2)c1. The molecule has 2 aromatic heterocycles. The Kier molecular flexibility index (Phi) is 6.96. The van der Waals surface area contributed by atoms with Crippen LogP contribution in [0.3, 0.4) is 0 Å². The number of rotatable bonds is 9. The maximum Gasteiger partial charge on any atom is 0.253 e. The molecule has 37 heavy (non-hydrogen) atoms. The number of imidazole rings is 1. The van der Waals surface area contributed by atoms with Gasteiger partial charge in [-0.1, -0.05) is 0 Å². The molecule has 9 heteroatoms. The number of aromatic nitrogens is 3. The van der Waals surface area contributed by atoms with Crippen molar-refractivity contribution in [3.63, 3.8) is 0 Å². The van der Waals surface area contributed by atoms with Crippen LogP contribution < -0.4 is 9.47 Å². The minimum atomic E-state index is -0.609. The van der Waals surface area contributed by atoms with Gasteiger partial charge in [0.1, 0.15) is 17.6 Å². The predicted octanol–water partition coefficient (Wildman–Crippen LogP) is 5.57. The number of amides is 1. The van der Waals surface area contributed by atoms with E-state index in [1.807, 2.05) is 32.0 Å². The van der Waals surface area contributed by atoms with Crippen molar-refractivity contribution in [2.45, 2.75) is 26.4 Å². The van der Waals surface area contributed by atoms with E-state index >= 15 is 0 Å². The van der Waals surface area contributed by atoms with E-state index in [4.69, 9.17) is 14.2 Å². The van der Waals surface area contributed by atoms with Gasteiger partial charge >= 0.3 is 0 Å². The number of nitrogens with zero attached hydrogens (tertiary/aromatic N) is 2. The fraction of sp³-hybridized carbons (Fsp3) is 0.286. The minimum absolute atomic E-state index is 0.0198. The number of aryl methyl sites for hydroxylation is 1. The molecule has 1 aliphatic heterocycles. The van der Waals surface area contributed by atoms with Crippen molar-refractivity contribution in [1.29, 1.82) is 0 Å². The largest absolute Gasteiger partial charge is 0.488 e. The van der Waals surface area contributed by atoms with E-state index in [1.54, 1.807) is 36.4 Å². The maximum absolute atomic E-state index is 14.9. The fourth-order valence-electron chi connectivity index (χ4n) is 4.15. The van der Waals surface area contributed by atoms with Crippen LogP contribution in [0.1, 0.15) is 29.4 Å². The van der Waals surface area contributed by atoms with Crippen LogP contribution in [0.25, 0.3) is 22.8 Å². The maximum atomic E-state index is 14.9. The van der Waals surface area contributed by atoms with Gasteiger partial charge in [0, 0.05) is 55.0 Å². The van der Waals surface area contributed by atoms with Gasteiger partial charge in [-0.15, -0.1) is 0 Å². The highest BCUT2D eigenvalue weighted by atomic mass is 19.1. The lowest BCUT2D eigenvalue weighted by atomic mass is 10.1. The van der Waals surface area contributed by atoms with Crippen molar-refractivity contribution in [1.82, 2.24) is 19.9 Å². The summed E-state index contributed by atoms with van der Waals surface area (Å²) in [6.45, 7) is 5.66. The van der Waals surface area contributed by atoms with Gasteiger partial charge in [-0.2, -0.15) is 0 Å². The molecule has 0 radical (unpaired) electrons. The fourth-order valence-corrected chi connectivity index (χ4v) is 4.15. The molecule has 1 saturated heterocycles. The average Bonchev–Trinajstić information content (AvgIpc) is 3.48. The number of hydrogen-bond donors (Lipinski definition) is 2. The number of aromatic amines is 2. The molecular weight excluding hydrogens is 475 g/mol. The first-order valence-corrected chi connectivity index (χ1v) is 12.2. The van der Waals surface area contributed by atoms with Gasteiger partial charge in [0.05, 0.1) is 12.3 Å². The summed E-state index contributed by atoms with van der Waals surface area (Å²) in [6.07, 6.45) is 2.54. The normalized spacial score (nSPS) is 13.8. The van der Waals surface area contributed by atoms with Gasteiger partial charge in [-0.25, -0.2) is 9.37 Å². The molecule has 1 amide bonds. The lowest BCUT2D eigenvalue weighted by Gasteiger charge is -2.30. The second kappa shape index (κ2) is 10.5. The Labute approximate surface area is 214 Å². The van der Waals surface area contributed by atoms with E-state index in [9.17, 15) is 9.18 Å². The standard InChI is InChI=1S/C28H29FN4O4/c1-17-15-30-27(31-17)25-7-6-24(32-25)20-11-21(36-18(2)16-35-3)14-22(12-20)37-26-8-5-19(13-23(26)29)28(34)33-9-4-10-33/h5-8,11-15,18,32H,4,9-10,16H2,1-3H3,(H,30,31)/t18-/m0/s1. The Bertz CT molecular complexity index is 1410.